The zero-order valence-electron chi connectivity index (χ0n) is 5.85. The van der Waals surface area contributed by atoms with E-state index in [1.807, 2.05) is 6.92 Å². The van der Waals surface area contributed by atoms with E-state index in [1.165, 1.54) is 6.92 Å². The van der Waals surface area contributed by atoms with Crippen LogP contribution in [0.1, 0.15) is 20.3 Å². The number of aliphatic hydroxyl groups is 1. The third-order valence-electron chi connectivity index (χ3n) is 0.929. The van der Waals surface area contributed by atoms with Crippen molar-refractivity contribution in [2.24, 2.45) is 0 Å². The standard InChI is InChI=1S/C6H13NO2/c1-3-4-7-6(9)5(2)8/h5,8H,3-4H2,1-2H3,(H,7,9)/t5-/m1/s1. The van der Waals surface area contributed by atoms with Crippen LogP contribution in [0.25, 0.3) is 0 Å². The third kappa shape index (κ3) is 3.97. The van der Waals surface area contributed by atoms with Gasteiger partial charge in [0.05, 0.1) is 0 Å². The molecule has 3 nitrogen and oxygen atoms in total. The highest BCUT2D eigenvalue weighted by Crippen LogP contribution is 1.78. The predicted octanol–water partition coefficient (Wildman–Crippen LogP) is -0.107. The second kappa shape index (κ2) is 4.32. The van der Waals surface area contributed by atoms with E-state index in [0.717, 1.165) is 6.42 Å². The van der Waals surface area contributed by atoms with Crippen molar-refractivity contribution in [2.45, 2.75) is 26.4 Å². The van der Waals surface area contributed by atoms with Crippen LogP contribution in [-0.2, 0) is 4.79 Å². The lowest BCUT2D eigenvalue weighted by Gasteiger charge is -2.03. The van der Waals surface area contributed by atoms with Crippen molar-refractivity contribution in [3.63, 3.8) is 0 Å². The van der Waals surface area contributed by atoms with Crippen LogP contribution < -0.4 is 5.32 Å². The first-order chi connectivity index (χ1) is 4.18. The highest BCUT2D eigenvalue weighted by molar-refractivity contribution is 5.79. The second-order valence-electron chi connectivity index (χ2n) is 1.97. The second-order valence-corrected chi connectivity index (χ2v) is 1.97. The zero-order chi connectivity index (χ0) is 7.28. The Labute approximate surface area is 55.1 Å². The average molecular weight is 131 g/mol. The van der Waals surface area contributed by atoms with Gasteiger partial charge in [0.2, 0.25) is 5.91 Å². The van der Waals surface area contributed by atoms with Crippen molar-refractivity contribution in [1.29, 1.82) is 0 Å². The Morgan fingerprint density at radius 3 is 2.67 bits per heavy atom. The van der Waals surface area contributed by atoms with Crippen LogP contribution in [0.3, 0.4) is 0 Å². The molecular formula is C6H13NO2. The smallest absolute Gasteiger partial charge is 0.248 e. The molecule has 1 amide bonds. The molecule has 0 spiro atoms. The number of rotatable bonds is 3. The molecule has 0 unspecified atom stereocenters. The summed E-state index contributed by atoms with van der Waals surface area (Å²) in [5, 5.41) is 11.2. The summed E-state index contributed by atoms with van der Waals surface area (Å²) in [4.78, 5) is 10.5. The molecule has 0 bridgehead atoms. The van der Waals surface area contributed by atoms with Crippen molar-refractivity contribution in [1.82, 2.24) is 5.32 Å². The molecule has 2 N–H and O–H groups in total. The molecule has 0 aromatic carbocycles. The normalized spacial score (nSPS) is 12.8. The van der Waals surface area contributed by atoms with E-state index in [0.29, 0.717) is 6.54 Å². The lowest BCUT2D eigenvalue weighted by Crippen LogP contribution is -2.32. The first kappa shape index (κ1) is 8.43. The fourth-order valence-corrected chi connectivity index (χ4v) is 0.396. The molecular weight excluding hydrogens is 118 g/mol. The highest BCUT2D eigenvalue weighted by Gasteiger charge is 2.05. The molecule has 1 atom stereocenters. The Hall–Kier alpha value is -0.570. The summed E-state index contributed by atoms with van der Waals surface area (Å²) in [6, 6.07) is 0. The van der Waals surface area contributed by atoms with E-state index in [2.05, 4.69) is 5.32 Å². The summed E-state index contributed by atoms with van der Waals surface area (Å²) in [5.74, 6) is -0.295. The van der Waals surface area contributed by atoms with Gasteiger partial charge in [0.25, 0.3) is 0 Å². The van der Waals surface area contributed by atoms with Gasteiger partial charge in [-0.3, -0.25) is 4.79 Å². The van der Waals surface area contributed by atoms with Gasteiger partial charge in [-0.2, -0.15) is 0 Å². The molecule has 0 fully saturated rings. The summed E-state index contributed by atoms with van der Waals surface area (Å²) in [6.45, 7) is 4.05. The van der Waals surface area contributed by atoms with Crippen molar-refractivity contribution in [3.8, 4) is 0 Å². The fourth-order valence-electron chi connectivity index (χ4n) is 0.396. The number of nitrogens with one attached hydrogen (secondary N) is 1. The number of hydrogen-bond donors (Lipinski definition) is 2. The maximum absolute atomic E-state index is 10.5. The van der Waals surface area contributed by atoms with Gasteiger partial charge >= 0.3 is 0 Å². The van der Waals surface area contributed by atoms with Crippen molar-refractivity contribution in [3.05, 3.63) is 0 Å². The molecule has 54 valence electrons. The Kier molecular flexibility index (Phi) is 4.05. The topological polar surface area (TPSA) is 49.3 Å². The molecule has 0 saturated carbocycles. The van der Waals surface area contributed by atoms with Gasteiger partial charge in [-0.1, -0.05) is 6.92 Å². The van der Waals surface area contributed by atoms with Gasteiger partial charge in [-0.15, -0.1) is 0 Å². The Balaban J connectivity index is 3.28. The molecule has 0 aromatic rings. The minimum absolute atomic E-state index is 0.295. The maximum Gasteiger partial charge on any atom is 0.248 e. The molecule has 9 heavy (non-hydrogen) atoms. The zero-order valence-corrected chi connectivity index (χ0v) is 5.85. The van der Waals surface area contributed by atoms with Gasteiger partial charge in [-0.25, -0.2) is 0 Å². The molecule has 0 radical (unpaired) electrons. The molecule has 0 aliphatic heterocycles. The van der Waals surface area contributed by atoms with Crippen LogP contribution in [0, 0.1) is 0 Å². The quantitative estimate of drug-likeness (QED) is 0.561. The number of carbonyl (C=O) groups excluding carboxylic acids is 1. The summed E-state index contributed by atoms with van der Waals surface area (Å²) >= 11 is 0. The lowest BCUT2D eigenvalue weighted by atomic mass is 10.4. The number of hydrogen-bond acceptors (Lipinski definition) is 2. The van der Waals surface area contributed by atoms with Gasteiger partial charge in [0.1, 0.15) is 6.10 Å². The minimum Gasteiger partial charge on any atom is -0.384 e. The van der Waals surface area contributed by atoms with E-state index in [1.54, 1.807) is 0 Å². The summed E-state index contributed by atoms with van der Waals surface area (Å²) in [7, 11) is 0. The average Bonchev–Trinajstić information content (AvgIpc) is 1.82. The van der Waals surface area contributed by atoms with Crippen LogP contribution in [-0.4, -0.2) is 23.7 Å². The largest absolute Gasteiger partial charge is 0.384 e. The van der Waals surface area contributed by atoms with E-state index in [4.69, 9.17) is 5.11 Å². The van der Waals surface area contributed by atoms with Gasteiger partial charge in [0.15, 0.2) is 0 Å². The molecule has 0 rings (SSSR count). The van der Waals surface area contributed by atoms with E-state index < -0.39 is 6.10 Å². The van der Waals surface area contributed by atoms with Crippen LogP contribution in [0.5, 0.6) is 0 Å². The van der Waals surface area contributed by atoms with Gasteiger partial charge in [0, 0.05) is 6.54 Å². The van der Waals surface area contributed by atoms with Crippen molar-refractivity contribution < 1.29 is 9.90 Å². The van der Waals surface area contributed by atoms with E-state index in [9.17, 15) is 4.79 Å². The monoisotopic (exact) mass is 131 g/mol. The van der Waals surface area contributed by atoms with E-state index in [-0.39, 0.29) is 5.91 Å². The van der Waals surface area contributed by atoms with Crippen molar-refractivity contribution in [2.75, 3.05) is 6.54 Å². The SMILES string of the molecule is CCCNC(=O)[C@@H](C)O. The van der Waals surface area contributed by atoms with Crippen LogP contribution >= 0.6 is 0 Å². The summed E-state index contributed by atoms with van der Waals surface area (Å²) < 4.78 is 0. The molecule has 3 heteroatoms. The minimum atomic E-state index is -0.878. The first-order valence-corrected chi connectivity index (χ1v) is 3.14. The van der Waals surface area contributed by atoms with Crippen LogP contribution in [0.4, 0.5) is 0 Å². The molecule has 0 aromatic heterocycles. The third-order valence-corrected chi connectivity index (χ3v) is 0.929. The molecule has 0 aliphatic rings. The predicted molar refractivity (Wildman–Crippen MR) is 35.0 cm³/mol. The van der Waals surface area contributed by atoms with Gasteiger partial charge in [-0.05, 0) is 13.3 Å². The molecule has 0 aliphatic carbocycles. The van der Waals surface area contributed by atoms with Crippen LogP contribution in [0.2, 0.25) is 0 Å². The fraction of sp³-hybridized carbons (Fsp3) is 0.833. The maximum atomic E-state index is 10.5. The highest BCUT2D eigenvalue weighted by atomic mass is 16.3. The Bertz CT molecular complexity index is 91.1. The number of aliphatic hydroxyl groups excluding tert-OH is 1. The Morgan fingerprint density at radius 2 is 2.33 bits per heavy atom. The summed E-state index contributed by atoms with van der Waals surface area (Å²) in [6.07, 6.45) is 0.0231. The van der Waals surface area contributed by atoms with Crippen LogP contribution in [0.15, 0.2) is 0 Å². The molecule has 0 heterocycles. The lowest BCUT2D eigenvalue weighted by molar-refractivity contribution is -0.128. The Morgan fingerprint density at radius 1 is 1.78 bits per heavy atom. The number of carbonyl (C=O) groups is 1. The number of amides is 1. The summed E-state index contributed by atoms with van der Waals surface area (Å²) in [5.41, 5.74) is 0. The van der Waals surface area contributed by atoms with Gasteiger partial charge < -0.3 is 10.4 Å². The van der Waals surface area contributed by atoms with Crippen molar-refractivity contribution >= 4 is 5.91 Å². The molecule has 0 saturated heterocycles. The first-order valence-electron chi connectivity index (χ1n) is 3.14. The van der Waals surface area contributed by atoms with E-state index >= 15 is 0 Å².